The highest BCUT2D eigenvalue weighted by molar-refractivity contribution is 7.89. The summed E-state index contributed by atoms with van der Waals surface area (Å²) in [6, 6.07) is 3.73. The third-order valence-corrected chi connectivity index (χ3v) is 4.87. The van der Waals surface area contributed by atoms with Crippen LogP contribution < -0.4 is 4.72 Å². The Balaban J connectivity index is 2.09. The Morgan fingerprint density at radius 1 is 1.40 bits per heavy atom. The summed E-state index contributed by atoms with van der Waals surface area (Å²) in [5, 5.41) is 10.2. The SMILES string of the molecule is Cc1ccc(S(=O)(=O)NCC2(O)CCOCC2)cc1F. The summed E-state index contributed by atoms with van der Waals surface area (Å²) in [6.45, 7) is 2.26. The summed E-state index contributed by atoms with van der Waals surface area (Å²) in [5.74, 6) is -0.572. The van der Waals surface area contributed by atoms with Crippen LogP contribution in [0.3, 0.4) is 0 Å². The highest BCUT2D eigenvalue weighted by Gasteiger charge is 2.31. The maximum absolute atomic E-state index is 13.4. The van der Waals surface area contributed by atoms with Gasteiger partial charge in [0.15, 0.2) is 0 Å². The first-order valence-corrected chi connectivity index (χ1v) is 7.87. The summed E-state index contributed by atoms with van der Waals surface area (Å²) in [5.41, 5.74) is -0.721. The highest BCUT2D eigenvalue weighted by atomic mass is 32.2. The van der Waals surface area contributed by atoms with Crippen molar-refractivity contribution < 1.29 is 22.7 Å². The Labute approximate surface area is 117 Å². The van der Waals surface area contributed by atoms with Crippen molar-refractivity contribution in [1.29, 1.82) is 0 Å². The largest absolute Gasteiger partial charge is 0.388 e. The molecule has 0 bridgehead atoms. The van der Waals surface area contributed by atoms with Gasteiger partial charge in [0.05, 0.1) is 10.5 Å². The van der Waals surface area contributed by atoms with E-state index in [4.69, 9.17) is 4.74 Å². The van der Waals surface area contributed by atoms with E-state index in [9.17, 15) is 17.9 Å². The van der Waals surface area contributed by atoms with Crippen molar-refractivity contribution in [2.24, 2.45) is 0 Å². The summed E-state index contributed by atoms with van der Waals surface area (Å²) >= 11 is 0. The third-order valence-electron chi connectivity index (χ3n) is 3.47. The van der Waals surface area contributed by atoms with Gasteiger partial charge in [0, 0.05) is 32.6 Å². The van der Waals surface area contributed by atoms with E-state index in [0.29, 0.717) is 31.6 Å². The van der Waals surface area contributed by atoms with E-state index in [1.54, 1.807) is 6.92 Å². The summed E-state index contributed by atoms with van der Waals surface area (Å²) in [7, 11) is -3.83. The molecule has 1 aromatic rings. The molecule has 1 aromatic carbocycles. The minimum Gasteiger partial charge on any atom is -0.388 e. The standard InChI is InChI=1S/C13H18FNO4S/c1-10-2-3-11(8-12(10)14)20(17,18)15-9-13(16)4-6-19-7-5-13/h2-3,8,15-16H,4-7,9H2,1H3. The van der Waals surface area contributed by atoms with E-state index < -0.39 is 21.4 Å². The number of rotatable bonds is 4. The monoisotopic (exact) mass is 303 g/mol. The maximum Gasteiger partial charge on any atom is 0.240 e. The Morgan fingerprint density at radius 3 is 2.65 bits per heavy atom. The highest BCUT2D eigenvalue weighted by Crippen LogP contribution is 2.21. The predicted octanol–water partition coefficient (Wildman–Crippen LogP) is 0.954. The lowest BCUT2D eigenvalue weighted by Crippen LogP contribution is -2.46. The molecule has 0 aromatic heterocycles. The Kier molecular flexibility index (Phi) is 4.43. The number of halogens is 1. The van der Waals surface area contributed by atoms with Gasteiger partial charge in [-0.25, -0.2) is 17.5 Å². The average Bonchev–Trinajstić information content (AvgIpc) is 2.41. The van der Waals surface area contributed by atoms with Crippen LogP contribution in [0.1, 0.15) is 18.4 Å². The quantitative estimate of drug-likeness (QED) is 0.868. The minimum atomic E-state index is -3.83. The van der Waals surface area contributed by atoms with Crippen LogP contribution in [0.15, 0.2) is 23.1 Å². The fourth-order valence-corrected chi connectivity index (χ4v) is 3.11. The van der Waals surface area contributed by atoms with E-state index in [1.165, 1.54) is 12.1 Å². The number of hydrogen-bond acceptors (Lipinski definition) is 4. The van der Waals surface area contributed by atoms with E-state index in [1.807, 2.05) is 0 Å². The first-order chi connectivity index (χ1) is 9.32. The molecule has 112 valence electrons. The second-order valence-corrected chi connectivity index (χ2v) is 6.84. The molecule has 1 saturated heterocycles. The summed E-state index contributed by atoms with van der Waals surface area (Å²) in [4.78, 5) is -0.142. The molecule has 0 aliphatic carbocycles. The van der Waals surface area contributed by atoms with Crippen molar-refractivity contribution in [1.82, 2.24) is 4.72 Å². The molecular formula is C13H18FNO4S. The normalized spacial score (nSPS) is 18.9. The summed E-state index contributed by atoms with van der Waals surface area (Å²) in [6.07, 6.45) is 0.746. The van der Waals surface area contributed by atoms with Gasteiger partial charge in [-0.3, -0.25) is 0 Å². The van der Waals surface area contributed by atoms with Crippen LogP contribution in [0.5, 0.6) is 0 Å². The van der Waals surface area contributed by atoms with E-state index in [0.717, 1.165) is 6.07 Å². The lowest BCUT2D eigenvalue weighted by molar-refractivity contribution is -0.0588. The van der Waals surface area contributed by atoms with E-state index in [2.05, 4.69) is 4.72 Å². The molecule has 0 amide bonds. The first kappa shape index (κ1) is 15.4. The maximum atomic E-state index is 13.4. The van der Waals surface area contributed by atoms with Crippen LogP contribution in [0.25, 0.3) is 0 Å². The van der Waals surface area contributed by atoms with Gasteiger partial charge >= 0.3 is 0 Å². The van der Waals surface area contributed by atoms with Crippen molar-refractivity contribution in [3.63, 3.8) is 0 Å². The molecule has 0 spiro atoms. The molecule has 0 atom stereocenters. The number of sulfonamides is 1. The minimum absolute atomic E-state index is 0.103. The van der Waals surface area contributed by atoms with Crippen LogP contribution in [-0.2, 0) is 14.8 Å². The smallest absolute Gasteiger partial charge is 0.240 e. The van der Waals surface area contributed by atoms with Gasteiger partial charge in [0.25, 0.3) is 0 Å². The third kappa shape index (κ3) is 3.54. The Bertz CT molecular complexity index is 582. The van der Waals surface area contributed by atoms with Crippen molar-refractivity contribution in [2.75, 3.05) is 19.8 Å². The molecule has 0 saturated carbocycles. The van der Waals surface area contributed by atoms with E-state index >= 15 is 0 Å². The molecule has 20 heavy (non-hydrogen) atoms. The van der Waals surface area contributed by atoms with Crippen molar-refractivity contribution in [2.45, 2.75) is 30.3 Å². The zero-order valence-electron chi connectivity index (χ0n) is 11.2. The molecule has 2 rings (SSSR count). The molecule has 1 fully saturated rings. The van der Waals surface area contributed by atoms with Crippen LogP contribution in [0.2, 0.25) is 0 Å². The van der Waals surface area contributed by atoms with Crippen LogP contribution in [0, 0.1) is 12.7 Å². The lowest BCUT2D eigenvalue weighted by Gasteiger charge is -2.31. The number of aliphatic hydroxyl groups is 1. The first-order valence-electron chi connectivity index (χ1n) is 6.38. The fourth-order valence-electron chi connectivity index (χ4n) is 1.98. The zero-order chi connectivity index (χ0) is 14.8. The van der Waals surface area contributed by atoms with Crippen molar-refractivity contribution in [3.8, 4) is 0 Å². The van der Waals surface area contributed by atoms with Gasteiger partial charge in [-0.05, 0) is 24.6 Å². The number of nitrogens with one attached hydrogen (secondary N) is 1. The van der Waals surface area contributed by atoms with Gasteiger partial charge < -0.3 is 9.84 Å². The van der Waals surface area contributed by atoms with Crippen LogP contribution >= 0.6 is 0 Å². The predicted molar refractivity (Wildman–Crippen MR) is 71.3 cm³/mol. The van der Waals surface area contributed by atoms with Gasteiger partial charge in [-0.2, -0.15) is 0 Å². The molecule has 1 aliphatic rings. The topological polar surface area (TPSA) is 75.6 Å². The van der Waals surface area contributed by atoms with Crippen LogP contribution in [0.4, 0.5) is 4.39 Å². The molecule has 5 nitrogen and oxygen atoms in total. The van der Waals surface area contributed by atoms with Gasteiger partial charge in [0.2, 0.25) is 10.0 Å². The average molecular weight is 303 g/mol. The molecule has 0 radical (unpaired) electrons. The molecular weight excluding hydrogens is 285 g/mol. The Hall–Kier alpha value is -1.02. The number of aryl methyl sites for hydroxylation is 1. The molecule has 1 heterocycles. The van der Waals surface area contributed by atoms with Gasteiger partial charge in [0.1, 0.15) is 5.82 Å². The van der Waals surface area contributed by atoms with Gasteiger partial charge in [-0.1, -0.05) is 6.07 Å². The Morgan fingerprint density at radius 2 is 2.05 bits per heavy atom. The number of hydrogen-bond donors (Lipinski definition) is 2. The van der Waals surface area contributed by atoms with Crippen LogP contribution in [-0.4, -0.2) is 38.9 Å². The lowest BCUT2D eigenvalue weighted by atomic mass is 9.95. The fraction of sp³-hybridized carbons (Fsp3) is 0.538. The second kappa shape index (κ2) is 5.77. The zero-order valence-corrected chi connectivity index (χ0v) is 12.0. The second-order valence-electron chi connectivity index (χ2n) is 5.07. The molecule has 0 unspecified atom stereocenters. The van der Waals surface area contributed by atoms with Crippen molar-refractivity contribution in [3.05, 3.63) is 29.6 Å². The summed E-state index contributed by atoms with van der Waals surface area (Å²) < 4.78 is 45.0. The number of benzene rings is 1. The molecule has 7 heteroatoms. The van der Waals surface area contributed by atoms with E-state index in [-0.39, 0.29) is 11.4 Å². The number of ether oxygens (including phenoxy) is 1. The molecule has 1 aliphatic heterocycles. The molecule has 2 N–H and O–H groups in total. The van der Waals surface area contributed by atoms with Gasteiger partial charge in [-0.15, -0.1) is 0 Å². The van der Waals surface area contributed by atoms with Crippen molar-refractivity contribution >= 4 is 10.0 Å².